The van der Waals surface area contributed by atoms with E-state index in [1.165, 1.54) is 38.0 Å². The number of hydrogen-bond donors (Lipinski definition) is 0. The fourth-order valence-electron chi connectivity index (χ4n) is 2.88. The van der Waals surface area contributed by atoms with Gasteiger partial charge in [0.25, 0.3) is 0 Å². The summed E-state index contributed by atoms with van der Waals surface area (Å²) in [6, 6.07) is 0. The van der Waals surface area contributed by atoms with Crippen LogP contribution in [0.5, 0.6) is 0 Å². The lowest BCUT2D eigenvalue weighted by atomic mass is 10.1. The zero-order valence-corrected chi connectivity index (χ0v) is 16.0. The van der Waals surface area contributed by atoms with E-state index in [1.807, 2.05) is 0 Å². The zero-order chi connectivity index (χ0) is 20.4. The predicted molar refractivity (Wildman–Crippen MR) is 91.1 cm³/mol. The monoisotopic (exact) mass is 412 g/mol. The number of aromatic nitrogens is 4. The molecule has 3 aliphatic rings. The van der Waals surface area contributed by atoms with Gasteiger partial charge in [0.15, 0.2) is 24.3 Å². The van der Waals surface area contributed by atoms with Crippen molar-refractivity contribution in [3.05, 3.63) is 17.8 Å². The van der Waals surface area contributed by atoms with E-state index in [0.717, 1.165) is 0 Å². The summed E-state index contributed by atoms with van der Waals surface area (Å²) in [4.78, 5) is 46.6. The Balaban J connectivity index is 2.00. The lowest BCUT2D eigenvalue weighted by molar-refractivity contribution is -0.166. The number of fused-ring (bicyclic) bond motifs is 1. The summed E-state index contributed by atoms with van der Waals surface area (Å²) in [6.07, 6.45) is -1.35. The molecular weight excluding hydrogens is 396 g/mol. The van der Waals surface area contributed by atoms with Crippen LogP contribution in [0.25, 0.3) is 11.5 Å². The van der Waals surface area contributed by atoms with Gasteiger partial charge in [-0.3, -0.25) is 19.0 Å². The summed E-state index contributed by atoms with van der Waals surface area (Å²) in [5.41, 5.74) is 0.321. The molecule has 0 N–H and O–H groups in total. The maximum absolute atomic E-state index is 11.7. The highest BCUT2D eigenvalue weighted by Crippen LogP contribution is 2.37. The van der Waals surface area contributed by atoms with E-state index in [2.05, 4.69) is 15.0 Å². The maximum Gasteiger partial charge on any atom is 0.303 e. The molecule has 1 fully saturated rings. The van der Waals surface area contributed by atoms with Gasteiger partial charge in [-0.2, -0.15) is 0 Å². The van der Waals surface area contributed by atoms with Crippen LogP contribution in [0.3, 0.4) is 0 Å². The van der Waals surface area contributed by atoms with E-state index in [-0.39, 0.29) is 11.8 Å². The van der Waals surface area contributed by atoms with Gasteiger partial charge in [0.1, 0.15) is 36.2 Å². The van der Waals surface area contributed by atoms with Crippen LogP contribution in [0.15, 0.2) is 12.7 Å². The van der Waals surface area contributed by atoms with Crippen molar-refractivity contribution < 1.29 is 33.3 Å². The molecule has 0 radical (unpaired) electrons. The number of halogens is 1. The van der Waals surface area contributed by atoms with Crippen molar-refractivity contribution in [2.24, 2.45) is 0 Å². The molecule has 3 aliphatic heterocycles. The number of hydrogen-bond acceptors (Lipinski definition) is 10. The fraction of sp³-hybridized carbons (Fsp3) is 0.500. The molecule has 11 nitrogen and oxygen atoms in total. The molecule has 0 aromatic heterocycles. The second kappa shape index (κ2) is 8.07. The van der Waals surface area contributed by atoms with E-state index in [0.29, 0.717) is 11.5 Å². The Morgan fingerprint density at radius 3 is 2.39 bits per heavy atom. The SMILES string of the molecule is CC(=O)OC[C@H]1O[C@@H](n2cnc3ncnc-3c2Cl)[C@H](OC(C)=O)[C@@H]1OC(C)=O. The highest BCUT2D eigenvalue weighted by atomic mass is 35.5. The standard InChI is InChI=1S/C16H17ClN4O7/c1-7(22)25-4-10-12(26-8(2)23)13(27-9(3)24)16(28-10)21-6-20-15-11(14(21)17)18-5-19-15/h5-6,10,12-13,16H,4H2,1-3H3/t10-,12-,13-,16-/m1/s1. The van der Waals surface area contributed by atoms with Crippen molar-refractivity contribution in [2.75, 3.05) is 6.61 Å². The molecule has 3 rings (SSSR count). The Morgan fingerprint density at radius 2 is 1.75 bits per heavy atom. The largest absolute Gasteiger partial charge is 0.463 e. The van der Waals surface area contributed by atoms with E-state index < -0.39 is 42.4 Å². The van der Waals surface area contributed by atoms with E-state index in [1.54, 1.807) is 0 Å². The molecule has 0 aromatic rings. The van der Waals surface area contributed by atoms with Gasteiger partial charge in [-0.15, -0.1) is 0 Å². The second-order valence-corrected chi connectivity index (χ2v) is 6.36. The average Bonchev–Trinajstić information content (AvgIpc) is 3.19. The quantitative estimate of drug-likeness (QED) is 0.393. The highest BCUT2D eigenvalue weighted by molar-refractivity contribution is 6.31. The van der Waals surface area contributed by atoms with E-state index >= 15 is 0 Å². The van der Waals surface area contributed by atoms with Crippen LogP contribution in [-0.4, -0.2) is 62.3 Å². The van der Waals surface area contributed by atoms with Crippen molar-refractivity contribution >= 4 is 29.5 Å². The summed E-state index contributed by atoms with van der Waals surface area (Å²) < 4.78 is 22.9. The lowest BCUT2D eigenvalue weighted by Gasteiger charge is -2.25. The molecule has 0 spiro atoms. The Bertz CT molecular complexity index is 873. The molecule has 12 heteroatoms. The van der Waals surface area contributed by atoms with Crippen molar-refractivity contribution in [1.29, 1.82) is 0 Å². The van der Waals surface area contributed by atoms with Gasteiger partial charge in [0.05, 0.1) is 0 Å². The van der Waals surface area contributed by atoms with Crippen LogP contribution in [0.1, 0.15) is 27.0 Å². The summed E-state index contributed by atoms with van der Waals surface area (Å²) in [6.45, 7) is 3.42. The molecule has 0 amide bonds. The third kappa shape index (κ3) is 4.04. The van der Waals surface area contributed by atoms with Crippen LogP contribution >= 0.6 is 11.6 Å². The third-order valence-electron chi connectivity index (χ3n) is 3.92. The molecule has 28 heavy (non-hydrogen) atoms. The molecule has 0 aromatic carbocycles. The van der Waals surface area contributed by atoms with E-state index in [9.17, 15) is 14.4 Å². The van der Waals surface area contributed by atoms with Crippen LogP contribution in [0, 0.1) is 0 Å². The Hall–Kier alpha value is -2.79. The number of imidazole rings is 1. The normalized spacial score (nSPS) is 24.1. The van der Waals surface area contributed by atoms with E-state index in [4.69, 9.17) is 30.5 Å². The topological polar surface area (TPSA) is 132 Å². The van der Waals surface area contributed by atoms with Gasteiger partial charge < -0.3 is 18.9 Å². The van der Waals surface area contributed by atoms with Crippen molar-refractivity contribution in [3.63, 3.8) is 0 Å². The molecule has 1 saturated heterocycles. The molecule has 3 heterocycles. The van der Waals surface area contributed by atoms with Gasteiger partial charge in [-0.05, 0) is 0 Å². The highest BCUT2D eigenvalue weighted by Gasteiger charge is 2.51. The molecule has 0 bridgehead atoms. The molecule has 0 unspecified atom stereocenters. The summed E-state index contributed by atoms with van der Waals surface area (Å²) in [7, 11) is 0. The Labute approximate surface area is 164 Å². The first kappa shape index (κ1) is 20.0. The lowest BCUT2D eigenvalue weighted by Crippen LogP contribution is -2.40. The number of carbonyl (C=O) groups excluding carboxylic acids is 3. The van der Waals surface area contributed by atoms with Gasteiger partial charge in [-0.25, -0.2) is 15.0 Å². The summed E-state index contributed by atoms with van der Waals surface area (Å²) in [5.74, 6) is -1.46. The molecule has 0 aliphatic carbocycles. The Kier molecular flexibility index (Phi) is 5.75. The van der Waals surface area contributed by atoms with Crippen LogP contribution in [-0.2, 0) is 33.3 Å². The molecule has 4 atom stereocenters. The second-order valence-electron chi connectivity index (χ2n) is 6.00. The van der Waals surface area contributed by atoms with Gasteiger partial charge >= 0.3 is 17.9 Å². The van der Waals surface area contributed by atoms with Crippen LogP contribution in [0.4, 0.5) is 0 Å². The Morgan fingerprint density at radius 1 is 1.07 bits per heavy atom. The smallest absolute Gasteiger partial charge is 0.303 e. The molecular formula is C16H17ClN4O7. The average molecular weight is 413 g/mol. The van der Waals surface area contributed by atoms with Crippen molar-refractivity contribution in [1.82, 2.24) is 19.5 Å². The minimum Gasteiger partial charge on any atom is -0.463 e. The number of ether oxygens (including phenoxy) is 4. The fourth-order valence-corrected chi connectivity index (χ4v) is 3.16. The predicted octanol–water partition coefficient (Wildman–Crippen LogP) is 0.755. The van der Waals surface area contributed by atoms with Crippen molar-refractivity contribution in [2.45, 2.75) is 45.3 Å². The van der Waals surface area contributed by atoms with Crippen LogP contribution in [0.2, 0.25) is 5.15 Å². The minimum absolute atomic E-state index is 0.138. The number of carbonyl (C=O) groups is 3. The number of esters is 3. The van der Waals surface area contributed by atoms with Gasteiger partial charge in [0.2, 0.25) is 0 Å². The van der Waals surface area contributed by atoms with Gasteiger partial charge in [0, 0.05) is 20.8 Å². The van der Waals surface area contributed by atoms with Gasteiger partial charge in [-0.1, -0.05) is 11.6 Å². The summed E-state index contributed by atoms with van der Waals surface area (Å²) >= 11 is 6.40. The summed E-state index contributed by atoms with van der Waals surface area (Å²) in [5, 5.41) is 0.138. The maximum atomic E-state index is 11.7. The first-order valence-corrected chi connectivity index (χ1v) is 8.62. The minimum atomic E-state index is -1.06. The number of rotatable bonds is 5. The first-order valence-electron chi connectivity index (χ1n) is 8.24. The van der Waals surface area contributed by atoms with Crippen LogP contribution < -0.4 is 0 Å². The molecule has 150 valence electrons. The first-order chi connectivity index (χ1) is 13.3. The van der Waals surface area contributed by atoms with Crippen molar-refractivity contribution in [3.8, 4) is 11.5 Å². The zero-order valence-electron chi connectivity index (χ0n) is 15.2. The molecule has 0 saturated carbocycles. The third-order valence-corrected chi connectivity index (χ3v) is 4.29. The number of nitrogens with zero attached hydrogens (tertiary/aromatic N) is 4.